The van der Waals surface area contributed by atoms with E-state index in [2.05, 4.69) is 15.0 Å². The molecular formula is C14H18N6O6S. The fourth-order valence-electron chi connectivity index (χ4n) is 3.31. The van der Waals surface area contributed by atoms with Crippen LogP contribution in [0.3, 0.4) is 0 Å². The fraction of sp³-hybridized carbons (Fsp3) is 0.571. The molecule has 0 saturated carbocycles. The van der Waals surface area contributed by atoms with E-state index in [0.29, 0.717) is 11.2 Å². The Labute approximate surface area is 154 Å². The van der Waals surface area contributed by atoms with Crippen molar-refractivity contribution < 1.29 is 27.4 Å². The van der Waals surface area contributed by atoms with Crippen molar-refractivity contribution in [1.82, 2.24) is 24.2 Å². The van der Waals surface area contributed by atoms with Gasteiger partial charge in [-0.25, -0.2) is 23.4 Å². The molecule has 2 fully saturated rings. The first kappa shape index (κ1) is 18.0. The summed E-state index contributed by atoms with van der Waals surface area (Å²) in [6.45, 7) is 3.39. The van der Waals surface area contributed by atoms with E-state index < -0.39 is 46.3 Å². The average molecular weight is 398 g/mol. The highest BCUT2D eigenvalue weighted by Gasteiger charge is 2.58. The molecular weight excluding hydrogens is 380 g/mol. The summed E-state index contributed by atoms with van der Waals surface area (Å²) in [5.74, 6) is -1.62. The predicted molar refractivity (Wildman–Crippen MR) is 90.5 cm³/mol. The number of anilines is 1. The number of nitrogens with two attached hydrogens (primary N) is 1. The first-order valence-corrected chi connectivity index (χ1v) is 9.91. The van der Waals surface area contributed by atoms with Crippen molar-refractivity contribution in [2.75, 3.05) is 12.0 Å². The molecule has 4 heterocycles. The van der Waals surface area contributed by atoms with E-state index in [9.17, 15) is 13.2 Å². The number of nitrogens with one attached hydrogen (secondary N) is 1. The average Bonchev–Trinajstić information content (AvgIpc) is 3.16. The zero-order valence-electron chi connectivity index (χ0n) is 14.7. The van der Waals surface area contributed by atoms with Gasteiger partial charge in [-0.15, -0.1) is 0 Å². The van der Waals surface area contributed by atoms with Crippen molar-refractivity contribution in [2.45, 2.75) is 44.2 Å². The van der Waals surface area contributed by atoms with E-state index in [4.69, 9.17) is 19.9 Å². The SMILES string of the molecule is CC1(C)O[C@@H]2[C@H](O1)[C@@H](C(=O)NS(C)(=O)=O)O[C@H]2n1cnc2c(N)ncnc21. The number of nitrogen functional groups attached to an aromatic ring is 1. The number of aromatic nitrogens is 4. The van der Waals surface area contributed by atoms with Gasteiger partial charge in [-0.3, -0.25) is 14.1 Å². The number of hydrogen-bond acceptors (Lipinski definition) is 10. The summed E-state index contributed by atoms with van der Waals surface area (Å²) in [7, 11) is -3.76. The van der Waals surface area contributed by atoms with Gasteiger partial charge in [-0.2, -0.15) is 0 Å². The lowest BCUT2D eigenvalue weighted by molar-refractivity contribution is -0.197. The highest BCUT2D eigenvalue weighted by atomic mass is 32.2. The molecule has 12 nitrogen and oxygen atoms in total. The number of carbonyl (C=O) groups excluding carboxylic acids is 1. The lowest BCUT2D eigenvalue weighted by Crippen LogP contribution is -2.44. The van der Waals surface area contributed by atoms with Crippen molar-refractivity contribution in [3.63, 3.8) is 0 Å². The molecule has 1 amide bonds. The Balaban J connectivity index is 1.73. The highest BCUT2D eigenvalue weighted by Crippen LogP contribution is 2.43. The monoisotopic (exact) mass is 398 g/mol. The number of carbonyl (C=O) groups is 1. The van der Waals surface area contributed by atoms with Crippen molar-refractivity contribution in [3.8, 4) is 0 Å². The molecule has 4 rings (SSSR count). The molecule has 4 atom stereocenters. The summed E-state index contributed by atoms with van der Waals surface area (Å²) >= 11 is 0. The van der Waals surface area contributed by atoms with Gasteiger partial charge in [0.2, 0.25) is 10.0 Å². The fourth-order valence-corrected chi connectivity index (χ4v) is 3.79. The maximum absolute atomic E-state index is 12.4. The molecule has 2 aromatic rings. The molecule has 0 unspecified atom stereocenters. The molecule has 13 heteroatoms. The molecule has 0 spiro atoms. The Kier molecular flexibility index (Phi) is 3.89. The van der Waals surface area contributed by atoms with Crippen LogP contribution in [0.15, 0.2) is 12.7 Å². The maximum atomic E-state index is 12.4. The summed E-state index contributed by atoms with van der Waals surface area (Å²) in [4.78, 5) is 24.7. The summed E-state index contributed by atoms with van der Waals surface area (Å²) in [6, 6.07) is 0. The normalized spacial score (nSPS) is 29.7. The highest BCUT2D eigenvalue weighted by molar-refractivity contribution is 7.89. The molecule has 0 bridgehead atoms. The van der Waals surface area contributed by atoms with Gasteiger partial charge < -0.3 is 19.9 Å². The molecule has 146 valence electrons. The number of fused-ring (bicyclic) bond motifs is 2. The largest absolute Gasteiger partial charge is 0.382 e. The van der Waals surface area contributed by atoms with Gasteiger partial charge in [-0.05, 0) is 13.8 Å². The lowest BCUT2D eigenvalue weighted by atomic mass is 10.1. The predicted octanol–water partition coefficient (Wildman–Crippen LogP) is -1.10. The zero-order chi connectivity index (χ0) is 19.6. The van der Waals surface area contributed by atoms with Gasteiger partial charge in [0.05, 0.1) is 12.6 Å². The summed E-state index contributed by atoms with van der Waals surface area (Å²) in [6.07, 6.45) is 0.0786. The number of ether oxygens (including phenoxy) is 3. The van der Waals surface area contributed by atoms with Crippen LogP contribution in [0.2, 0.25) is 0 Å². The van der Waals surface area contributed by atoms with Crippen LogP contribution in [-0.2, 0) is 29.0 Å². The Hall–Kier alpha value is -2.35. The van der Waals surface area contributed by atoms with Crippen LogP contribution in [0.1, 0.15) is 20.1 Å². The van der Waals surface area contributed by atoms with Gasteiger partial charge in [0.25, 0.3) is 5.91 Å². The van der Waals surface area contributed by atoms with E-state index in [-0.39, 0.29) is 5.82 Å². The number of sulfonamides is 1. The molecule has 2 aliphatic rings. The van der Waals surface area contributed by atoms with Gasteiger partial charge in [0, 0.05) is 0 Å². The van der Waals surface area contributed by atoms with E-state index in [0.717, 1.165) is 6.26 Å². The quantitative estimate of drug-likeness (QED) is 0.649. The van der Waals surface area contributed by atoms with Crippen molar-refractivity contribution in [2.24, 2.45) is 0 Å². The lowest BCUT2D eigenvalue weighted by Gasteiger charge is -2.24. The standard InChI is InChI=1S/C14H18N6O6S/c1-14(2)25-7-8(12(21)19-27(3,22)23)24-13(9(7)26-14)20-5-18-6-10(15)16-4-17-11(6)20/h4-5,7-9,13H,1-3H3,(H,19,21)(H2,15,16,17)/t7-,8+,9-,13-/m1/s1. The van der Waals surface area contributed by atoms with Crippen LogP contribution in [0, 0.1) is 0 Å². The molecule has 0 aliphatic carbocycles. The Morgan fingerprint density at radius 3 is 2.67 bits per heavy atom. The second kappa shape index (κ2) is 5.82. The van der Waals surface area contributed by atoms with Crippen molar-refractivity contribution >= 4 is 32.9 Å². The number of amides is 1. The number of imidazole rings is 1. The minimum absolute atomic E-state index is 0.198. The minimum atomic E-state index is -3.76. The molecule has 3 N–H and O–H groups in total. The van der Waals surface area contributed by atoms with Crippen molar-refractivity contribution in [1.29, 1.82) is 0 Å². The molecule has 2 aromatic heterocycles. The van der Waals surface area contributed by atoms with E-state index in [1.165, 1.54) is 12.7 Å². The van der Waals surface area contributed by atoms with Crippen LogP contribution in [0.25, 0.3) is 11.2 Å². The number of rotatable bonds is 3. The van der Waals surface area contributed by atoms with Crippen LogP contribution in [0.4, 0.5) is 5.82 Å². The Morgan fingerprint density at radius 1 is 1.26 bits per heavy atom. The first-order chi connectivity index (χ1) is 12.6. The van der Waals surface area contributed by atoms with Gasteiger partial charge in [-0.1, -0.05) is 0 Å². The molecule has 0 radical (unpaired) electrons. The van der Waals surface area contributed by atoms with Crippen LogP contribution in [-0.4, -0.2) is 64.2 Å². The summed E-state index contributed by atoms with van der Waals surface area (Å²) in [5, 5.41) is 0. The summed E-state index contributed by atoms with van der Waals surface area (Å²) in [5.41, 5.74) is 6.58. The number of nitrogens with zero attached hydrogens (tertiary/aromatic N) is 4. The van der Waals surface area contributed by atoms with Crippen LogP contribution in [0.5, 0.6) is 0 Å². The second-order valence-corrected chi connectivity index (χ2v) is 8.58. The Bertz CT molecular complexity index is 1020. The Morgan fingerprint density at radius 2 is 1.96 bits per heavy atom. The maximum Gasteiger partial charge on any atom is 0.265 e. The van der Waals surface area contributed by atoms with Gasteiger partial charge in [0.15, 0.2) is 29.6 Å². The van der Waals surface area contributed by atoms with E-state index in [1.807, 2.05) is 4.72 Å². The smallest absolute Gasteiger partial charge is 0.265 e. The summed E-state index contributed by atoms with van der Waals surface area (Å²) < 4.78 is 43.9. The first-order valence-electron chi connectivity index (χ1n) is 8.01. The van der Waals surface area contributed by atoms with Crippen LogP contribution >= 0.6 is 0 Å². The van der Waals surface area contributed by atoms with E-state index >= 15 is 0 Å². The molecule has 0 aromatic carbocycles. The molecule has 2 aliphatic heterocycles. The number of hydrogen-bond donors (Lipinski definition) is 2. The van der Waals surface area contributed by atoms with Crippen LogP contribution < -0.4 is 10.5 Å². The van der Waals surface area contributed by atoms with Gasteiger partial charge in [0.1, 0.15) is 24.1 Å². The topological polar surface area (TPSA) is 161 Å². The third-order valence-electron chi connectivity index (χ3n) is 4.23. The van der Waals surface area contributed by atoms with Crippen molar-refractivity contribution in [3.05, 3.63) is 12.7 Å². The zero-order valence-corrected chi connectivity index (χ0v) is 15.5. The third kappa shape index (κ3) is 3.12. The second-order valence-electron chi connectivity index (χ2n) is 6.83. The molecule has 27 heavy (non-hydrogen) atoms. The van der Waals surface area contributed by atoms with E-state index in [1.54, 1.807) is 18.4 Å². The minimum Gasteiger partial charge on any atom is -0.382 e. The third-order valence-corrected chi connectivity index (χ3v) is 4.81. The molecule has 2 saturated heterocycles. The van der Waals surface area contributed by atoms with Gasteiger partial charge >= 0.3 is 0 Å².